The van der Waals surface area contributed by atoms with Gasteiger partial charge in [-0.1, -0.05) is 0 Å². The monoisotopic (exact) mass is 379 g/mol. The molecule has 5 nitrogen and oxygen atoms in total. The topological polar surface area (TPSA) is 57.0 Å². The Bertz CT molecular complexity index is 629. The van der Waals surface area contributed by atoms with Crippen molar-refractivity contribution in [1.82, 2.24) is 14.5 Å². The number of methoxy groups -OCH3 is 1. The first-order valence-corrected chi connectivity index (χ1v) is 8.89. The average Bonchev–Trinajstić information content (AvgIpc) is 2.79. The smallest absolute Gasteiger partial charge is 0.366 e. The van der Waals surface area contributed by atoms with Crippen molar-refractivity contribution in [3.8, 4) is 0 Å². The summed E-state index contributed by atoms with van der Waals surface area (Å²) >= 11 is 2.18. The van der Waals surface area contributed by atoms with Gasteiger partial charge in [0, 0.05) is 11.5 Å². The van der Waals surface area contributed by atoms with Gasteiger partial charge < -0.3 is 4.74 Å². The first kappa shape index (κ1) is 13.4. The lowest BCUT2D eigenvalue weighted by molar-refractivity contribution is -0.137. The van der Waals surface area contributed by atoms with Gasteiger partial charge in [0.15, 0.2) is 5.65 Å². The molecule has 0 aromatic carbocycles. The van der Waals surface area contributed by atoms with Crippen molar-refractivity contribution in [3.63, 3.8) is 0 Å². The van der Waals surface area contributed by atoms with Crippen molar-refractivity contribution in [2.75, 3.05) is 7.11 Å². The number of carbonyl (C=O) groups is 1. The third-order valence-corrected chi connectivity index (χ3v) is 4.03. The van der Waals surface area contributed by atoms with Gasteiger partial charge >= 0.3 is 5.97 Å². The summed E-state index contributed by atoms with van der Waals surface area (Å²) in [6, 6.07) is 3.40. The van der Waals surface area contributed by atoms with Gasteiger partial charge in [-0.25, -0.2) is 14.2 Å². The Morgan fingerprint density at radius 2 is 2.39 bits per heavy atom. The van der Waals surface area contributed by atoms with Gasteiger partial charge in [-0.05, 0) is 34.2 Å². The largest absolute Gasteiger partial charge is 0.464 e. The van der Waals surface area contributed by atoms with Gasteiger partial charge in [0.2, 0.25) is 5.83 Å². The fraction of sp³-hybridized carbons (Fsp3) is 0.100. The number of hydrogen-bond donors (Lipinski definition) is 0. The highest BCUT2D eigenvalue weighted by molar-refractivity contribution is 14.2. The minimum absolute atomic E-state index is 0.349. The van der Waals surface area contributed by atoms with Crippen LogP contribution in [0.2, 0.25) is 0 Å². The van der Waals surface area contributed by atoms with Gasteiger partial charge in [-0.3, -0.25) is 0 Å². The van der Waals surface area contributed by atoms with Crippen LogP contribution in [-0.2, 0) is 9.53 Å². The van der Waals surface area contributed by atoms with Crippen molar-refractivity contribution in [2.24, 2.45) is 0 Å². The van der Waals surface area contributed by atoms with Crippen LogP contribution in [0.1, 0.15) is 5.69 Å². The van der Waals surface area contributed by atoms with Crippen LogP contribution in [-0.4, -0.2) is 27.6 Å². The SMILES string of the molecule is COC(=O)/C(F)=C/c1ccc2cnn(PI)c2n1. The van der Waals surface area contributed by atoms with Crippen LogP contribution in [0.4, 0.5) is 4.39 Å². The van der Waals surface area contributed by atoms with Crippen LogP contribution in [0, 0.1) is 0 Å². The highest BCUT2D eigenvalue weighted by Crippen LogP contribution is 2.27. The number of rotatable bonds is 3. The zero-order valence-corrected chi connectivity index (χ0v) is 12.4. The highest BCUT2D eigenvalue weighted by atomic mass is 127. The molecule has 1 atom stereocenters. The average molecular weight is 379 g/mol. The van der Waals surface area contributed by atoms with Gasteiger partial charge in [-0.15, -0.1) is 0 Å². The zero-order chi connectivity index (χ0) is 13.1. The minimum Gasteiger partial charge on any atom is -0.464 e. The Kier molecular flexibility index (Phi) is 4.23. The zero-order valence-electron chi connectivity index (χ0n) is 9.22. The fourth-order valence-corrected chi connectivity index (χ4v) is 2.77. The number of aromatic nitrogens is 3. The quantitative estimate of drug-likeness (QED) is 0.356. The molecule has 0 bridgehead atoms. The minimum atomic E-state index is -1.01. The van der Waals surface area contributed by atoms with Gasteiger partial charge in [0.05, 0.1) is 25.4 Å². The summed E-state index contributed by atoms with van der Waals surface area (Å²) in [7, 11) is 1.12. The van der Waals surface area contributed by atoms with Crippen LogP contribution in [0.3, 0.4) is 0 Å². The lowest BCUT2D eigenvalue weighted by atomic mass is 10.3. The fourth-order valence-electron chi connectivity index (χ4n) is 1.35. The van der Waals surface area contributed by atoms with Crippen molar-refractivity contribution >= 4 is 51.5 Å². The molecule has 2 heterocycles. The molecule has 1 unspecified atom stereocenters. The maximum Gasteiger partial charge on any atom is 0.366 e. The number of halogens is 2. The summed E-state index contributed by atoms with van der Waals surface area (Å²) in [4.78, 5) is 15.2. The molecule has 8 heteroatoms. The van der Waals surface area contributed by atoms with E-state index in [-0.39, 0.29) is 0 Å². The number of carbonyl (C=O) groups excluding carboxylic acids is 1. The Morgan fingerprint density at radius 3 is 3.06 bits per heavy atom. The number of fused-ring (bicyclic) bond motifs is 1. The van der Waals surface area contributed by atoms with E-state index in [0.29, 0.717) is 17.7 Å². The second-order valence-corrected chi connectivity index (χ2v) is 5.31. The summed E-state index contributed by atoms with van der Waals surface area (Å²) < 4.78 is 19.3. The molecule has 0 amide bonds. The summed E-state index contributed by atoms with van der Waals surface area (Å²) in [5, 5.41) is 5.01. The molecule has 0 aliphatic rings. The van der Waals surface area contributed by atoms with E-state index in [1.165, 1.54) is 0 Å². The van der Waals surface area contributed by atoms with Crippen molar-refractivity contribution in [1.29, 1.82) is 0 Å². The number of pyridine rings is 1. The molecule has 94 valence electrons. The molecule has 0 N–H and O–H groups in total. The number of nitrogens with zero attached hydrogens (tertiary/aromatic N) is 3. The molecule has 0 saturated heterocycles. The van der Waals surface area contributed by atoms with Crippen molar-refractivity contribution in [2.45, 2.75) is 0 Å². The maximum absolute atomic E-state index is 13.3. The lowest BCUT2D eigenvalue weighted by Gasteiger charge is -1.99. The van der Waals surface area contributed by atoms with Gasteiger partial charge in [0.25, 0.3) is 0 Å². The number of ether oxygens (including phenoxy) is 1. The summed E-state index contributed by atoms with van der Waals surface area (Å²) in [5.74, 6) is -1.99. The second-order valence-electron chi connectivity index (χ2n) is 3.27. The molecular weight excluding hydrogens is 371 g/mol. The van der Waals surface area contributed by atoms with E-state index in [9.17, 15) is 9.18 Å². The molecular formula is C10H8FIN3O2P. The molecule has 0 aliphatic carbocycles. The van der Waals surface area contributed by atoms with Gasteiger partial charge in [0.1, 0.15) is 0 Å². The normalized spacial score (nSPS) is 12.5. The Morgan fingerprint density at radius 1 is 1.61 bits per heavy atom. The van der Waals surface area contributed by atoms with E-state index in [2.05, 4.69) is 36.9 Å². The Balaban J connectivity index is 2.43. The van der Waals surface area contributed by atoms with Gasteiger partial charge in [-0.2, -0.15) is 9.49 Å². The maximum atomic E-state index is 13.3. The highest BCUT2D eigenvalue weighted by Gasteiger charge is 2.09. The molecule has 0 saturated carbocycles. The van der Waals surface area contributed by atoms with Crippen molar-refractivity contribution < 1.29 is 13.9 Å². The summed E-state index contributed by atoms with van der Waals surface area (Å²) in [6.45, 7) is 0. The Hall–Kier alpha value is -1.08. The van der Waals surface area contributed by atoms with Crippen LogP contribution >= 0.6 is 28.4 Å². The van der Waals surface area contributed by atoms with Crippen LogP contribution in [0.5, 0.6) is 0 Å². The van der Waals surface area contributed by atoms with E-state index in [1.54, 1.807) is 22.8 Å². The molecule has 2 aromatic heterocycles. The lowest BCUT2D eigenvalue weighted by Crippen LogP contribution is -2.00. The predicted molar refractivity (Wildman–Crippen MR) is 76.4 cm³/mol. The van der Waals surface area contributed by atoms with E-state index >= 15 is 0 Å². The van der Waals surface area contributed by atoms with E-state index in [1.807, 2.05) is 0 Å². The molecule has 0 radical (unpaired) electrons. The molecule has 2 aromatic rings. The first-order valence-electron chi connectivity index (χ1n) is 4.82. The Labute approximate surface area is 117 Å². The first-order chi connectivity index (χ1) is 8.65. The number of esters is 1. The van der Waals surface area contributed by atoms with E-state index < -0.39 is 11.8 Å². The van der Waals surface area contributed by atoms with E-state index in [4.69, 9.17) is 0 Å². The van der Waals surface area contributed by atoms with Crippen LogP contribution in [0.15, 0.2) is 24.2 Å². The molecule has 2 rings (SSSR count). The third-order valence-electron chi connectivity index (χ3n) is 2.17. The van der Waals surface area contributed by atoms with Crippen LogP contribution in [0.25, 0.3) is 17.1 Å². The van der Waals surface area contributed by atoms with Crippen molar-refractivity contribution in [3.05, 3.63) is 29.9 Å². The predicted octanol–water partition coefficient (Wildman–Crippen LogP) is 2.71. The number of hydrogen-bond acceptors (Lipinski definition) is 4. The van der Waals surface area contributed by atoms with Crippen LogP contribution < -0.4 is 0 Å². The molecule has 0 aliphatic heterocycles. The third kappa shape index (κ3) is 2.67. The van der Waals surface area contributed by atoms with E-state index in [0.717, 1.165) is 18.6 Å². The molecule has 0 fully saturated rings. The summed E-state index contributed by atoms with van der Waals surface area (Å²) in [6.07, 6.45) is 3.14. The standard InChI is InChI=1S/C10H8FIN3O2P/c1-17-10(16)8(11)4-7-3-2-6-5-13-15(18-12)9(6)14-7/h2-5,18H,1H3/b8-4-. The second kappa shape index (κ2) is 5.71. The molecule has 18 heavy (non-hydrogen) atoms. The summed E-state index contributed by atoms with van der Waals surface area (Å²) in [5.41, 5.74) is 1.01. The molecule has 0 spiro atoms.